The molecule has 1 rings (SSSR count). The van der Waals surface area contributed by atoms with Crippen molar-refractivity contribution in [1.82, 2.24) is 20.6 Å². The van der Waals surface area contributed by atoms with Crippen LogP contribution in [0.5, 0.6) is 0 Å². The van der Waals surface area contributed by atoms with Crippen LogP contribution in [0.3, 0.4) is 0 Å². The number of hydrogen-bond acceptors (Lipinski definition) is 4. The van der Waals surface area contributed by atoms with E-state index in [1.54, 1.807) is 12.4 Å². The zero-order valence-corrected chi connectivity index (χ0v) is 10.8. The second kappa shape index (κ2) is 7.59. The number of urea groups is 1. The lowest BCUT2D eigenvalue weighted by Gasteiger charge is -2.14. The van der Waals surface area contributed by atoms with E-state index < -0.39 is 18.0 Å². The van der Waals surface area contributed by atoms with E-state index in [0.29, 0.717) is 18.0 Å². The molecular formula is C10H16N4O3S. The van der Waals surface area contributed by atoms with Gasteiger partial charge in [-0.25, -0.2) is 14.6 Å². The van der Waals surface area contributed by atoms with E-state index >= 15 is 0 Å². The summed E-state index contributed by atoms with van der Waals surface area (Å²) in [5.41, 5.74) is 0. The lowest BCUT2D eigenvalue weighted by Crippen LogP contribution is -2.46. The zero-order valence-electron chi connectivity index (χ0n) is 9.97. The summed E-state index contributed by atoms with van der Waals surface area (Å²) in [5.74, 6) is 0.258. The Bertz CT molecular complexity index is 382. The highest BCUT2D eigenvalue weighted by atomic mass is 32.2. The summed E-state index contributed by atoms with van der Waals surface area (Å²) in [4.78, 5) is 29.1. The molecule has 2 amide bonds. The Morgan fingerprint density at radius 3 is 2.94 bits per heavy atom. The van der Waals surface area contributed by atoms with Gasteiger partial charge < -0.3 is 20.7 Å². The van der Waals surface area contributed by atoms with Crippen LogP contribution in [0.2, 0.25) is 0 Å². The molecule has 1 heterocycles. The molecule has 0 spiro atoms. The molecule has 100 valence electrons. The second-order valence-corrected chi connectivity index (χ2v) is 4.52. The maximum atomic E-state index is 11.5. The highest BCUT2D eigenvalue weighted by Crippen LogP contribution is 2.00. The van der Waals surface area contributed by atoms with Gasteiger partial charge in [-0.15, -0.1) is 0 Å². The first-order valence-corrected chi connectivity index (χ1v) is 6.77. The number of hydrogen-bond donors (Lipinski definition) is 4. The Kier molecular flexibility index (Phi) is 6.06. The van der Waals surface area contributed by atoms with Gasteiger partial charge in [0.25, 0.3) is 0 Å². The number of amides is 2. The molecule has 0 aromatic carbocycles. The van der Waals surface area contributed by atoms with Crippen molar-refractivity contribution in [3.8, 4) is 0 Å². The summed E-state index contributed by atoms with van der Waals surface area (Å²) in [6.45, 7) is 0.230. The second-order valence-electron chi connectivity index (χ2n) is 3.54. The number of rotatable bonds is 7. The maximum absolute atomic E-state index is 11.5. The van der Waals surface area contributed by atoms with E-state index in [9.17, 15) is 9.59 Å². The number of carboxylic acid groups (broad SMARTS) is 1. The zero-order chi connectivity index (χ0) is 13.4. The van der Waals surface area contributed by atoms with Gasteiger partial charge in [0.15, 0.2) is 0 Å². The predicted molar refractivity (Wildman–Crippen MR) is 68.4 cm³/mol. The Hall–Kier alpha value is -1.70. The van der Waals surface area contributed by atoms with E-state index in [-0.39, 0.29) is 6.54 Å². The van der Waals surface area contributed by atoms with Gasteiger partial charge in [-0.3, -0.25) is 0 Å². The number of carbonyl (C=O) groups excluding carboxylic acids is 1. The minimum absolute atomic E-state index is 0.230. The monoisotopic (exact) mass is 272 g/mol. The molecule has 4 N–H and O–H groups in total. The van der Waals surface area contributed by atoms with Gasteiger partial charge in [-0.05, 0) is 18.4 Å². The number of carbonyl (C=O) groups is 2. The van der Waals surface area contributed by atoms with Crippen molar-refractivity contribution in [1.29, 1.82) is 0 Å². The van der Waals surface area contributed by atoms with Crippen molar-refractivity contribution in [2.45, 2.75) is 19.0 Å². The summed E-state index contributed by atoms with van der Waals surface area (Å²) < 4.78 is 0. The molecule has 0 aliphatic rings. The van der Waals surface area contributed by atoms with E-state index in [2.05, 4.69) is 20.6 Å². The van der Waals surface area contributed by atoms with Gasteiger partial charge in [0.2, 0.25) is 0 Å². The Balaban J connectivity index is 2.34. The van der Waals surface area contributed by atoms with Gasteiger partial charge in [0.1, 0.15) is 11.9 Å². The molecule has 8 heteroatoms. The van der Waals surface area contributed by atoms with Crippen molar-refractivity contribution in [3.63, 3.8) is 0 Å². The summed E-state index contributed by atoms with van der Waals surface area (Å²) in [6.07, 6.45) is 5.50. The fraction of sp³-hybridized carbons (Fsp3) is 0.500. The van der Waals surface area contributed by atoms with Crippen LogP contribution in [0.1, 0.15) is 12.2 Å². The van der Waals surface area contributed by atoms with Crippen LogP contribution in [-0.4, -0.2) is 45.1 Å². The average Bonchev–Trinajstić information content (AvgIpc) is 2.84. The number of thioether (sulfide) groups is 1. The van der Waals surface area contributed by atoms with Gasteiger partial charge in [0.05, 0.1) is 6.54 Å². The van der Waals surface area contributed by atoms with E-state index in [1.165, 1.54) is 11.8 Å². The number of aromatic nitrogens is 2. The molecule has 0 radical (unpaired) electrons. The van der Waals surface area contributed by atoms with E-state index in [4.69, 9.17) is 5.11 Å². The first kappa shape index (κ1) is 14.4. The van der Waals surface area contributed by atoms with Crippen LogP contribution in [0.15, 0.2) is 12.4 Å². The predicted octanol–water partition coefficient (Wildman–Crippen LogP) is 0.415. The number of H-pyrrole nitrogens is 1. The molecule has 0 saturated heterocycles. The van der Waals surface area contributed by atoms with E-state index in [0.717, 1.165) is 0 Å². The first-order chi connectivity index (χ1) is 8.63. The number of nitrogens with one attached hydrogen (secondary N) is 3. The largest absolute Gasteiger partial charge is 0.480 e. The van der Waals surface area contributed by atoms with Crippen molar-refractivity contribution < 1.29 is 14.7 Å². The molecule has 1 atom stereocenters. The molecule has 1 aromatic rings. The van der Waals surface area contributed by atoms with Gasteiger partial charge in [0, 0.05) is 12.4 Å². The quantitative estimate of drug-likeness (QED) is 0.575. The molecule has 0 fully saturated rings. The van der Waals surface area contributed by atoms with Gasteiger partial charge >= 0.3 is 12.0 Å². The summed E-state index contributed by atoms with van der Waals surface area (Å²) in [6, 6.07) is -1.38. The Morgan fingerprint density at radius 2 is 2.39 bits per heavy atom. The molecule has 18 heavy (non-hydrogen) atoms. The van der Waals surface area contributed by atoms with Crippen LogP contribution in [-0.2, 0) is 11.3 Å². The molecule has 0 bridgehead atoms. The molecule has 7 nitrogen and oxygen atoms in total. The number of nitrogens with zero attached hydrogens (tertiary/aromatic N) is 1. The first-order valence-electron chi connectivity index (χ1n) is 5.38. The lowest BCUT2D eigenvalue weighted by molar-refractivity contribution is -0.139. The topological polar surface area (TPSA) is 107 Å². The minimum atomic E-state index is -1.03. The van der Waals surface area contributed by atoms with Crippen LogP contribution in [0.4, 0.5) is 4.79 Å². The smallest absolute Gasteiger partial charge is 0.326 e. The Morgan fingerprint density at radius 1 is 1.61 bits per heavy atom. The third-order valence-corrected chi connectivity index (χ3v) is 2.83. The van der Waals surface area contributed by atoms with Crippen molar-refractivity contribution in [2.75, 3.05) is 12.0 Å². The van der Waals surface area contributed by atoms with Gasteiger partial charge in [-0.1, -0.05) is 0 Å². The molecule has 1 aromatic heterocycles. The molecule has 0 unspecified atom stereocenters. The molecule has 0 aliphatic heterocycles. The highest BCUT2D eigenvalue weighted by molar-refractivity contribution is 7.98. The third kappa shape index (κ3) is 5.09. The normalized spacial score (nSPS) is 11.8. The van der Waals surface area contributed by atoms with Crippen molar-refractivity contribution in [2.24, 2.45) is 0 Å². The lowest BCUT2D eigenvalue weighted by atomic mass is 10.2. The van der Waals surface area contributed by atoms with Crippen LogP contribution >= 0.6 is 11.8 Å². The molecular weight excluding hydrogens is 256 g/mol. The van der Waals surface area contributed by atoms with Crippen molar-refractivity contribution in [3.05, 3.63) is 18.2 Å². The Labute approximate surface area is 109 Å². The van der Waals surface area contributed by atoms with Gasteiger partial charge in [-0.2, -0.15) is 11.8 Å². The van der Waals surface area contributed by atoms with Crippen LogP contribution in [0, 0.1) is 0 Å². The summed E-state index contributed by atoms with van der Waals surface area (Å²) >= 11 is 1.54. The summed E-state index contributed by atoms with van der Waals surface area (Å²) in [5, 5.41) is 13.9. The molecule has 0 saturated carbocycles. The number of carboxylic acids is 1. The number of aliphatic carboxylic acids is 1. The standard InChI is InChI=1S/C10H16N4O3S/c1-18-5-2-7(9(15)16)14-10(17)13-6-8-11-3-4-12-8/h3-4,7H,2,5-6H2,1H3,(H,11,12)(H,15,16)(H2,13,14,17)/t7-/m0/s1. The van der Waals surface area contributed by atoms with Crippen LogP contribution in [0.25, 0.3) is 0 Å². The fourth-order valence-corrected chi connectivity index (χ4v) is 1.73. The summed E-state index contributed by atoms with van der Waals surface area (Å²) in [7, 11) is 0. The average molecular weight is 272 g/mol. The molecule has 0 aliphatic carbocycles. The van der Waals surface area contributed by atoms with Crippen molar-refractivity contribution >= 4 is 23.8 Å². The minimum Gasteiger partial charge on any atom is -0.480 e. The van der Waals surface area contributed by atoms with E-state index in [1.807, 2.05) is 6.26 Å². The number of aromatic amines is 1. The maximum Gasteiger partial charge on any atom is 0.326 e. The SMILES string of the molecule is CSCC[C@H](NC(=O)NCc1ncc[nH]1)C(=O)O. The highest BCUT2D eigenvalue weighted by Gasteiger charge is 2.19. The fourth-order valence-electron chi connectivity index (χ4n) is 1.26. The van der Waals surface area contributed by atoms with Crippen LogP contribution < -0.4 is 10.6 Å². The third-order valence-electron chi connectivity index (χ3n) is 2.19. The number of imidazole rings is 1.